The van der Waals surface area contributed by atoms with Crippen molar-refractivity contribution >= 4 is 24.0 Å². The quantitative estimate of drug-likeness (QED) is 0.577. The molecular formula is C19H30ClN3O3. The molecule has 26 heavy (non-hydrogen) atoms. The SMILES string of the molecule is CCC(CC)C(=O)Nc1ccc(OCC(O)CNC(C)C)c(C#N)c1.Cl. The Morgan fingerprint density at radius 3 is 2.50 bits per heavy atom. The van der Waals surface area contributed by atoms with E-state index in [2.05, 4.69) is 16.7 Å². The summed E-state index contributed by atoms with van der Waals surface area (Å²) in [6.45, 7) is 8.46. The average Bonchev–Trinajstić information content (AvgIpc) is 2.59. The van der Waals surface area contributed by atoms with Gasteiger partial charge >= 0.3 is 0 Å². The number of benzene rings is 1. The van der Waals surface area contributed by atoms with Crippen LogP contribution in [0, 0.1) is 17.2 Å². The summed E-state index contributed by atoms with van der Waals surface area (Å²) in [5.41, 5.74) is 0.897. The van der Waals surface area contributed by atoms with Gasteiger partial charge in [-0.1, -0.05) is 27.7 Å². The predicted octanol–water partition coefficient (Wildman–Crippen LogP) is 3.09. The first-order chi connectivity index (χ1) is 11.9. The molecule has 0 fully saturated rings. The zero-order valence-corrected chi connectivity index (χ0v) is 16.7. The van der Waals surface area contributed by atoms with Crippen molar-refractivity contribution in [3.8, 4) is 11.8 Å². The highest BCUT2D eigenvalue weighted by atomic mass is 35.5. The van der Waals surface area contributed by atoms with Crippen LogP contribution in [-0.2, 0) is 4.79 Å². The van der Waals surface area contributed by atoms with Crippen LogP contribution in [0.25, 0.3) is 0 Å². The van der Waals surface area contributed by atoms with Crippen LogP contribution in [0.3, 0.4) is 0 Å². The number of hydrogen-bond acceptors (Lipinski definition) is 5. The van der Waals surface area contributed by atoms with Crippen LogP contribution in [0.4, 0.5) is 5.69 Å². The molecule has 0 saturated heterocycles. The number of aliphatic hydroxyl groups excluding tert-OH is 1. The summed E-state index contributed by atoms with van der Waals surface area (Å²) in [6, 6.07) is 7.28. The molecule has 0 aliphatic rings. The van der Waals surface area contributed by atoms with E-state index >= 15 is 0 Å². The molecule has 0 heterocycles. The molecule has 1 unspecified atom stereocenters. The minimum atomic E-state index is -0.664. The van der Waals surface area contributed by atoms with E-state index in [9.17, 15) is 15.2 Å². The molecule has 1 amide bonds. The summed E-state index contributed by atoms with van der Waals surface area (Å²) in [6.07, 6.45) is 0.886. The number of ether oxygens (including phenoxy) is 1. The monoisotopic (exact) mass is 383 g/mol. The van der Waals surface area contributed by atoms with E-state index < -0.39 is 6.10 Å². The van der Waals surface area contributed by atoms with Gasteiger partial charge in [-0.2, -0.15) is 5.26 Å². The Bertz CT molecular complexity index is 598. The zero-order chi connectivity index (χ0) is 18.8. The van der Waals surface area contributed by atoms with Crippen molar-refractivity contribution in [3.63, 3.8) is 0 Å². The molecule has 146 valence electrons. The highest BCUT2D eigenvalue weighted by Gasteiger charge is 2.15. The van der Waals surface area contributed by atoms with Gasteiger partial charge in [0.1, 0.15) is 24.5 Å². The number of nitrogens with one attached hydrogen (secondary N) is 2. The van der Waals surface area contributed by atoms with Crippen molar-refractivity contribution in [2.24, 2.45) is 5.92 Å². The van der Waals surface area contributed by atoms with Crippen LogP contribution in [0.1, 0.15) is 46.1 Å². The molecule has 0 aromatic heterocycles. The minimum Gasteiger partial charge on any atom is -0.489 e. The Morgan fingerprint density at radius 1 is 1.31 bits per heavy atom. The lowest BCUT2D eigenvalue weighted by molar-refractivity contribution is -0.120. The second-order valence-corrected chi connectivity index (χ2v) is 6.35. The van der Waals surface area contributed by atoms with Crippen molar-refractivity contribution in [2.45, 2.75) is 52.7 Å². The second-order valence-electron chi connectivity index (χ2n) is 6.35. The fourth-order valence-electron chi connectivity index (χ4n) is 2.34. The van der Waals surface area contributed by atoms with E-state index in [1.165, 1.54) is 0 Å². The number of carbonyl (C=O) groups is 1. The topological polar surface area (TPSA) is 94.4 Å². The molecule has 1 aromatic rings. The van der Waals surface area contributed by atoms with Crippen LogP contribution in [-0.4, -0.2) is 36.3 Å². The first kappa shape index (κ1) is 24.2. The van der Waals surface area contributed by atoms with E-state index in [-0.39, 0.29) is 36.9 Å². The third kappa shape index (κ3) is 8.05. The number of carbonyl (C=O) groups excluding carboxylic acids is 1. The van der Waals surface area contributed by atoms with Gasteiger partial charge in [-0.25, -0.2) is 0 Å². The van der Waals surface area contributed by atoms with Crippen LogP contribution in [0.5, 0.6) is 5.75 Å². The highest BCUT2D eigenvalue weighted by molar-refractivity contribution is 5.92. The van der Waals surface area contributed by atoms with Gasteiger partial charge in [-0.15, -0.1) is 12.4 Å². The maximum Gasteiger partial charge on any atom is 0.227 e. The number of anilines is 1. The van der Waals surface area contributed by atoms with E-state index in [4.69, 9.17) is 4.74 Å². The van der Waals surface area contributed by atoms with Crippen molar-refractivity contribution in [2.75, 3.05) is 18.5 Å². The van der Waals surface area contributed by atoms with Gasteiger partial charge in [0, 0.05) is 24.2 Å². The van der Waals surface area contributed by atoms with Crippen molar-refractivity contribution < 1.29 is 14.6 Å². The molecular weight excluding hydrogens is 354 g/mol. The molecule has 1 atom stereocenters. The number of amides is 1. The average molecular weight is 384 g/mol. The number of aliphatic hydroxyl groups is 1. The second kappa shape index (κ2) is 12.5. The molecule has 0 aliphatic carbocycles. The molecule has 0 aliphatic heterocycles. The summed E-state index contributed by atoms with van der Waals surface area (Å²) in [4.78, 5) is 12.1. The summed E-state index contributed by atoms with van der Waals surface area (Å²) in [5.74, 6) is 0.314. The number of nitrogens with zero attached hydrogens (tertiary/aromatic N) is 1. The molecule has 3 N–H and O–H groups in total. The van der Waals surface area contributed by atoms with Crippen molar-refractivity contribution in [1.29, 1.82) is 5.26 Å². The minimum absolute atomic E-state index is 0. The zero-order valence-electron chi connectivity index (χ0n) is 15.9. The van der Waals surface area contributed by atoms with Gasteiger partial charge in [-0.05, 0) is 31.0 Å². The number of halogens is 1. The Kier molecular flexibility index (Phi) is 11.7. The van der Waals surface area contributed by atoms with Crippen molar-refractivity contribution in [1.82, 2.24) is 5.32 Å². The molecule has 7 heteroatoms. The smallest absolute Gasteiger partial charge is 0.227 e. The van der Waals surface area contributed by atoms with Gasteiger partial charge in [0.2, 0.25) is 5.91 Å². The van der Waals surface area contributed by atoms with Crippen LogP contribution in [0.2, 0.25) is 0 Å². The Hall–Kier alpha value is -1.81. The molecule has 1 aromatic carbocycles. The largest absolute Gasteiger partial charge is 0.489 e. The van der Waals surface area contributed by atoms with Gasteiger partial charge in [-0.3, -0.25) is 4.79 Å². The van der Waals surface area contributed by atoms with E-state index in [1.807, 2.05) is 27.7 Å². The van der Waals surface area contributed by atoms with Crippen LogP contribution in [0.15, 0.2) is 18.2 Å². The normalized spacial score (nSPS) is 11.6. The number of nitriles is 1. The predicted molar refractivity (Wildman–Crippen MR) is 106 cm³/mol. The van der Waals surface area contributed by atoms with Gasteiger partial charge in [0.05, 0.1) is 5.56 Å². The molecule has 0 spiro atoms. The lowest BCUT2D eigenvalue weighted by Gasteiger charge is -2.16. The summed E-state index contributed by atoms with van der Waals surface area (Å²) in [7, 11) is 0. The molecule has 0 saturated carbocycles. The fraction of sp³-hybridized carbons (Fsp3) is 0.579. The standard InChI is InChI=1S/C19H29N3O3.ClH/c1-5-14(6-2)19(24)22-16-7-8-18(15(9-16)10-20)25-12-17(23)11-21-13(3)4;/h7-9,13-14,17,21,23H,5-6,11-12H2,1-4H3,(H,22,24);1H. The molecule has 1 rings (SSSR count). The maximum absolute atomic E-state index is 12.1. The van der Waals surface area contributed by atoms with E-state index in [1.54, 1.807) is 18.2 Å². The lowest BCUT2D eigenvalue weighted by atomic mass is 10.0. The van der Waals surface area contributed by atoms with Gasteiger partial charge in [0.15, 0.2) is 0 Å². The van der Waals surface area contributed by atoms with Gasteiger partial charge in [0.25, 0.3) is 0 Å². The van der Waals surface area contributed by atoms with E-state index in [0.717, 1.165) is 12.8 Å². The van der Waals surface area contributed by atoms with Gasteiger partial charge < -0.3 is 20.5 Å². The Labute approximate surface area is 162 Å². The van der Waals surface area contributed by atoms with Crippen molar-refractivity contribution in [3.05, 3.63) is 23.8 Å². The Morgan fingerprint density at radius 2 is 1.96 bits per heavy atom. The molecule has 6 nitrogen and oxygen atoms in total. The Balaban J connectivity index is 0.00000625. The van der Waals surface area contributed by atoms with Crippen LogP contribution >= 0.6 is 12.4 Å². The summed E-state index contributed by atoms with van der Waals surface area (Å²) in [5, 5.41) is 25.1. The molecule has 0 radical (unpaired) electrons. The summed E-state index contributed by atoms with van der Waals surface area (Å²) < 4.78 is 5.55. The third-order valence-electron chi connectivity index (χ3n) is 3.92. The number of rotatable bonds is 10. The maximum atomic E-state index is 12.1. The first-order valence-corrected chi connectivity index (χ1v) is 8.80. The fourth-order valence-corrected chi connectivity index (χ4v) is 2.34. The lowest BCUT2D eigenvalue weighted by Crippen LogP contribution is -2.35. The molecule has 0 bridgehead atoms. The summed E-state index contributed by atoms with van der Waals surface area (Å²) >= 11 is 0. The third-order valence-corrected chi connectivity index (χ3v) is 3.92. The van der Waals surface area contributed by atoms with Crippen LogP contribution < -0.4 is 15.4 Å². The highest BCUT2D eigenvalue weighted by Crippen LogP contribution is 2.23. The number of hydrogen-bond donors (Lipinski definition) is 3. The van der Waals surface area contributed by atoms with E-state index in [0.29, 0.717) is 23.5 Å². The first-order valence-electron chi connectivity index (χ1n) is 8.80.